The van der Waals surface area contributed by atoms with Crippen molar-refractivity contribution in [3.8, 4) is 0 Å². The maximum absolute atomic E-state index is 12.9. The lowest BCUT2D eigenvalue weighted by Crippen LogP contribution is -2.48. The van der Waals surface area contributed by atoms with Crippen molar-refractivity contribution < 1.29 is 17.6 Å². The SMILES string of the molecule is CNCC(C)C(=O)N1CCC(NS(=O)(=O)c2ccc(F)cc2)CC1. The largest absolute Gasteiger partial charge is 0.342 e. The molecule has 6 nitrogen and oxygen atoms in total. The molecule has 1 aliphatic rings. The van der Waals surface area contributed by atoms with Crippen molar-refractivity contribution in [1.82, 2.24) is 14.9 Å². The Kier molecular flexibility index (Phi) is 6.31. The molecule has 1 fully saturated rings. The summed E-state index contributed by atoms with van der Waals surface area (Å²) in [4.78, 5) is 14.1. The van der Waals surface area contributed by atoms with Crippen LogP contribution in [0.1, 0.15) is 19.8 Å². The number of nitrogens with one attached hydrogen (secondary N) is 2. The lowest BCUT2D eigenvalue weighted by molar-refractivity contribution is -0.135. The van der Waals surface area contributed by atoms with E-state index in [0.29, 0.717) is 32.5 Å². The predicted octanol–water partition coefficient (Wildman–Crippen LogP) is 0.950. The van der Waals surface area contributed by atoms with Crippen molar-refractivity contribution in [3.05, 3.63) is 30.1 Å². The highest BCUT2D eigenvalue weighted by Gasteiger charge is 2.28. The molecular formula is C16H24FN3O3S. The van der Waals surface area contributed by atoms with E-state index in [9.17, 15) is 17.6 Å². The van der Waals surface area contributed by atoms with Crippen molar-refractivity contribution in [3.63, 3.8) is 0 Å². The molecule has 0 spiro atoms. The van der Waals surface area contributed by atoms with Crippen LogP contribution in [0.25, 0.3) is 0 Å². The van der Waals surface area contributed by atoms with Crippen LogP contribution >= 0.6 is 0 Å². The van der Waals surface area contributed by atoms with Gasteiger partial charge in [-0.2, -0.15) is 0 Å². The molecule has 0 aliphatic carbocycles. The highest BCUT2D eigenvalue weighted by atomic mass is 32.2. The smallest absolute Gasteiger partial charge is 0.240 e. The molecule has 0 radical (unpaired) electrons. The molecule has 134 valence electrons. The molecule has 8 heteroatoms. The van der Waals surface area contributed by atoms with Gasteiger partial charge in [-0.25, -0.2) is 17.5 Å². The molecule has 1 amide bonds. The summed E-state index contributed by atoms with van der Waals surface area (Å²) in [6.45, 7) is 3.56. The van der Waals surface area contributed by atoms with E-state index in [1.807, 2.05) is 6.92 Å². The lowest BCUT2D eigenvalue weighted by Gasteiger charge is -2.33. The number of rotatable bonds is 6. The number of likely N-dealkylation sites (tertiary alicyclic amines) is 1. The van der Waals surface area contributed by atoms with Gasteiger partial charge in [0, 0.05) is 31.6 Å². The van der Waals surface area contributed by atoms with Gasteiger partial charge in [-0.05, 0) is 44.2 Å². The second-order valence-electron chi connectivity index (χ2n) is 6.13. The summed E-state index contributed by atoms with van der Waals surface area (Å²) < 4.78 is 40.2. The first-order valence-corrected chi connectivity index (χ1v) is 9.53. The highest BCUT2D eigenvalue weighted by molar-refractivity contribution is 7.89. The average Bonchev–Trinajstić information content (AvgIpc) is 2.55. The Morgan fingerprint density at radius 2 is 1.88 bits per heavy atom. The van der Waals surface area contributed by atoms with E-state index in [-0.39, 0.29) is 22.8 Å². The third kappa shape index (κ3) is 4.75. The summed E-state index contributed by atoms with van der Waals surface area (Å²) >= 11 is 0. The number of carbonyl (C=O) groups is 1. The quantitative estimate of drug-likeness (QED) is 0.795. The van der Waals surface area contributed by atoms with Crippen LogP contribution in [0.2, 0.25) is 0 Å². The molecule has 2 N–H and O–H groups in total. The van der Waals surface area contributed by atoms with Crippen molar-refractivity contribution in [2.45, 2.75) is 30.7 Å². The minimum atomic E-state index is -3.67. The van der Waals surface area contributed by atoms with Crippen LogP contribution in [0.4, 0.5) is 4.39 Å². The second kappa shape index (κ2) is 8.04. The molecule has 1 unspecified atom stereocenters. The topological polar surface area (TPSA) is 78.5 Å². The van der Waals surface area contributed by atoms with Gasteiger partial charge < -0.3 is 10.2 Å². The van der Waals surface area contributed by atoms with E-state index >= 15 is 0 Å². The Balaban J connectivity index is 1.91. The van der Waals surface area contributed by atoms with E-state index in [0.717, 1.165) is 12.1 Å². The molecular weight excluding hydrogens is 333 g/mol. The first kappa shape index (κ1) is 18.8. The zero-order valence-electron chi connectivity index (χ0n) is 14.0. The van der Waals surface area contributed by atoms with Gasteiger partial charge in [-0.15, -0.1) is 0 Å². The van der Waals surface area contributed by atoms with Crippen molar-refractivity contribution in [1.29, 1.82) is 0 Å². The number of halogens is 1. The van der Waals surface area contributed by atoms with E-state index in [4.69, 9.17) is 0 Å². The molecule has 0 bridgehead atoms. The van der Waals surface area contributed by atoms with Crippen LogP contribution in [0.15, 0.2) is 29.2 Å². The number of amides is 1. The molecule has 2 rings (SSSR count). The van der Waals surface area contributed by atoms with Crippen LogP contribution in [0.3, 0.4) is 0 Å². The van der Waals surface area contributed by atoms with Gasteiger partial charge in [-0.3, -0.25) is 4.79 Å². The van der Waals surface area contributed by atoms with Gasteiger partial charge in [0.2, 0.25) is 15.9 Å². The Hall–Kier alpha value is -1.51. The zero-order valence-corrected chi connectivity index (χ0v) is 14.8. The molecule has 0 aromatic heterocycles. The molecule has 24 heavy (non-hydrogen) atoms. The zero-order chi connectivity index (χ0) is 17.7. The molecule has 1 aliphatic heterocycles. The summed E-state index contributed by atoms with van der Waals surface area (Å²) in [5, 5.41) is 2.98. The fourth-order valence-corrected chi connectivity index (χ4v) is 4.13. The third-order valence-electron chi connectivity index (χ3n) is 4.18. The first-order chi connectivity index (χ1) is 11.3. The lowest BCUT2D eigenvalue weighted by atomic mass is 10.0. The average molecular weight is 357 g/mol. The van der Waals surface area contributed by atoms with Crippen molar-refractivity contribution in [2.24, 2.45) is 5.92 Å². The number of sulfonamides is 1. The van der Waals surface area contributed by atoms with Crippen molar-refractivity contribution >= 4 is 15.9 Å². The third-order valence-corrected chi connectivity index (χ3v) is 5.72. The van der Waals surface area contributed by atoms with E-state index in [1.54, 1.807) is 11.9 Å². The predicted molar refractivity (Wildman–Crippen MR) is 89.4 cm³/mol. The number of piperidine rings is 1. The summed E-state index contributed by atoms with van der Waals surface area (Å²) in [5.41, 5.74) is 0. The number of hydrogen-bond acceptors (Lipinski definition) is 4. The number of benzene rings is 1. The second-order valence-corrected chi connectivity index (χ2v) is 7.85. The van der Waals surface area contributed by atoms with Crippen LogP contribution < -0.4 is 10.0 Å². The maximum Gasteiger partial charge on any atom is 0.240 e. The Morgan fingerprint density at radius 3 is 2.42 bits per heavy atom. The normalized spacial score (nSPS) is 17.7. The Labute approximate surface area is 142 Å². The van der Waals surface area contributed by atoms with Gasteiger partial charge in [-0.1, -0.05) is 6.92 Å². The maximum atomic E-state index is 12.9. The Bertz CT molecular complexity index is 656. The van der Waals surface area contributed by atoms with Gasteiger partial charge >= 0.3 is 0 Å². The van der Waals surface area contributed by atoms with E-state index < -0.39 is 15.8 Å². The van der Waals surface area contributed by atoms with Crippen molar-refractivity contribution in [2.75, 3.05) is 26.7 Å². The molecule has 1 saturated heterocycles. The van der Waals surface area contributed by atoms with Gasteiger partial charge in [0.15, 0.2) is 0 Å². The van der Waals surface area contributed by atoms with Crippen LogP contribution in [0.5, 0.6) is 0 Å². The van der Waals surface area contributed by atoms with Gasteiger partial charge in [0.05, 0.1) is 4.90 Å². The number of hydrogen-bond donors (Lipinski definition) is 2. The fraction of sp³-hybridized carbons (Fsp3) is 0.562. The summed E-state index contributed by atoms with van der Waals surface area (Å²) in [5.74, 6) is -0.483. The molecule has 0 saturated carbocycles. The molecule has 1 heterocycles. The van der Waals surface area contributed by atoms with E-state index in [2.05, 4.69) is 10.0 Å². The summed E-state index contributed by atoms with van der Waals surface area (Å²) in [6, 6.07) is 4.52. The van der Waals surface area contributed by atoms with Crippen LogP contribution in [-0.2, 0) is 14.8 Å². The molecule has 1 aromatic rings. The minimum Gasteiger partial charge on any atom is -0.342 e. The monoisotopic (exact) mass is 357 g/mol. The first-order valence-electron chi connectivity index (χ1n) is 8.05. The van der Waals surface area contributed by atoms with E-state index in [1.165, 1.54) is 12.1 Å². The highest BCUT2D eigenvalue weighted by Crippen LogP contribution is 2.17. The standard InChI is InChI=1S/C16H24FN3O3S/c1-12(11-18-2)16(21)20-9-7-14(8-10-20)19-24(22,23)15-5-3-13(17)4-6-15/h3-6,12,14,18-19H,7-11H2,1-2H3. The number of nitrogens with zero attached hydrogens (tertiary/aromatic N) is 1. The summed E-state index contributed by atoms with van der Waals surface area (Å²) in [6.07, 6.45) is 1.14. The Morgan fingerprint density at radius 1 is 1.29 bits per heavy atom. The number of carbonyl (C=O) groups excluding carboxylic acids is 1. The molecule has 1 aromatic carbocycles. The van der Waals surface area contributed by atoms with Crippen LogP contribution in [-0.4, -0.2) is 51.9 Å². The van der Waals surface area contributed by atoms with Gasteiger partial charge in [0.25, 0.3) is 0 Å². The molecule has 1 atom stereocenters. The van der Waals surface area contributed by atoms with Gasteiger partial charge in [0.1, 0.15) is 5.82 Å². The fourth-order valence-electron chi connectivity index (χ4n) is 2.82. The summed E-state index contributed by atoms with van der Waals surface area (Å²) in [7, 11) is -1.86. The minimum absolute atomic E-state index is 0.0463. The van der Waals surface area contributed by atoms with Crippen LogP contribution in [0, 0.1) is 11.7 Å².